The summed E-state index contributed by atoms with van der Waals surface area (Å²) in [6.07, 6.45) is 8.45. The second kappa shape index (κ2) is 8.61. The van der Waals surface area contributed by atoms with Crippen molar-refractivity contribution in [1.29, 1.82) is 0 Å². The highest BCUT2D eigenvalue weighted by Crippen LogP contribution is 2.31. The molecule has 0 saturated carbocycles. The number of hydrogen-bond donors (Lipinski definition) is 0. The van der Waals surface area contributed by atoms with E-state index in [2.05, 4.69) is 46.8 Å². The second-order valence-electron chi connectivity index (χ2n) is 9.45. The highest BCUT2D eigenvalue weighted by atomic mass is 16.6. The lowest BCUT2D eigenvalue weighted by molar-refractivity contribution is 0.0581. The molecule has 7 heteroatoms. The summed E-state index contributed by atoms with van der Waals surface area (Å²) in [7, 11) is 0. The van der Waals surface area contributed by atoms with E-state index in [1.165, 1.54) is 11.1 Å². The number of aryl methyl sites for hydroxylation is 3. The normalized spacial score (nSPS) is 20.7. The maximum absolute atomic E-state index is 13.8. The van der Waals surface area contributed by atoms with Crippen LogP contribution in [0.15, 0.2) is 35.7 Å². The monoisotopic (exact) mass is 445 g/mol. The Bertz CT molecular complexity index is 1240. The van der Waals surface area contributed by atoms with Gasteiger partial charge in [-0.2, -0.15) is 0 Å². The van der Waals surface area contributed by atoms with Crippen molar-refractivity contribution in [2.45, 2.75) is 71.9 Å². The lowest BCUT2D eigenvalue weighted by Gasteiger charge is -2.36. The number of rotatable bonds is 4. The maximum Gasteiger partial charge on any atom is 0.273 e. The summed E-state index contributed by atoms with van der Waals surface area (Å²) >= 11 is 0. The Hall–Kier alpha value is -3.22. The Labute approximate surface area is 194 Å². The molecule has 5 heterocycles. The van der Waals surface area contributed by atoms with Gasteiger partial charge in [-0.3, -0.25) is 4.79 Å². The van der Waals surface area contributed by atoms with Crippen molar-refractivity contribution in [3.8, 4) is 0 Å². The van der Waals surface area contributed by atoms with Crippen molar-refractivity contribution < 1.29 is 9.63 Å². The van der Waals surface area contributed by atoms with Gasteiger partial charge in [0.2, 0.25) is 0 Å². The van der Waals surface area contributed by atoms with Gasteiger partial charge in [-0.05, 0) is 70.2 Å². The second-order valence-corrected chi connectivity index (χ2v) is 9.45. The number of piperidine rings is 1. The number of imidazole rings is 1. The smallest absolute Gasteiger partial charge is 0.273 e. The van der Waals surface area contributed by atoms with Crippen LogP contribution in [0.3, 0.4) is 0 Å². The minimum atomic E-state index is -0.245. The van der Waals surface area contributed by atoms with Crippen molar-refractivity contribution in [2.24, 2.45) is 5.16 Å². The molecule has 2 aliphatic heterocycles. The summed E-state index contributed by atoms with van der Waals surface area (Å²) in [5.74, 6) is -0.0117. The summed E-state index contributed by atoms with van der Waals surface area (Å²) in [6.45, 7) is 8.83. The maximum atomic E-state index is 13.8. The molecule has 33 heavy (non-hydrogen) atoms. The minimum Gasteiger partial charge on any atom is -0.387 e. The average molecular weight is 446 g/mol. The number of fused-ring (bicyclic) bond motifs is 1. The first kappa shape index (κ1) is 21.6. The van der Waals surface area contributed by atoms with Crippen LogP contribution in [0.2, 0.25) is 0 Å². The molecule has 0 aliphatic carbocycles. The van der Waals surface area contributed by atoms with Gasteiger partial charge in [0.1, 0.15) is 11.3 Å². The number of carbonyl (C=O) groups excluding carboxylic acids is 1. The van der Waals surface area contributed by atoms with Crippen LogP contribution in [-0.2, 0) is 11.3 Å². The van der Waals surface area contributed by atoms with Crippen LogP contribution < -0.4 is 0 Å². The molecule has 0 spiro atoms. The molecule has 2 unspecified atom stereocenters. The van der Waals surface area contributed by atoms with E-state index in [1.807, 2.05) is 30.9 Å². The number of likely N-dealkylation sites (tertiary alicyclic amines) is 1. The molecular weight excluding hydrogens is 414 g/mol. The molecule has 0 N–H and O–H groups in total. The fourth-order valence-electron chi connectivity index (χ4n) is 4.95. The van der Waals surface area contributed by atoms with E-state index in [9.17, 15) is 4.79 Å². The van der Waals surface area contributed by atoms with Gasteiger partial charge in [-0.1, -0.05) is 11.2 Å². The van der Waals surface area contributed by atoms with E-state index in [0.29, 0.717) is 12.1 Å². The summed E-state index contributed by atoms with van der Waals surface area (Å²) in [4.78, 5) is 31.0. The number of pyridine rings is 2. The zero-order chi connectivity index (χ0) is 23.1. The van der Waals surface area contributed by atoms with Gasteiger partial charge in [-0.25, -0.2) is 9.97 Å². The van der Waals surface area contributed by atoms with Crippen LogP contribution in [0.25, 0.3) is 5.65 Å². The largest absolute Gasteiger partial charge is 0.387 e. The Balaban J connectivity index is 1.43. The van der Waals surface area contributed by atoms with Crippen molar-refractivity contribution in [3.05, 3.63) is 64.4 Å². The van der Waals surface area contributed by atoms with Gasteiger partial charge < -0.3 is 14.1 Å². The molecule has 2 aliphatic rings. The topological polar surface area (TPSA) is 72.1 Å². The van der Waals surface area contributed by atoms with E-state index in [4.69, 9.17) is 9.82 Å². The molecule has 0 aromatic carbocycles. The van der Waals surface area contributed by atoms with Crippen LogP contribution in [0, 0.1) is 20.8 Å². The number of oxime groups is 1. The molecule has 3 aromatic heterocycles. The predicted octanol–water partition coefficient (Wildman–Crippen LogP) is 4.73. The molecule has 172 valence electrons. The van der Waals surface area contributed by atoms with Crippen LogP contribution in [0.1, 0.15) is 77.3 Å². The molecular formula is C26H31N5O2. The van der Waals surface area contributed by atoms with Crippen molar-refractivity contribution in [1.82, 2.24) is 19.3 Å². The van der Waals surface area contributed by atoms with Gasteiger partial charge in [0.05, 0.1) is 11.4 Å². The van der Waals surface area contributed by atoms with E-state index in [0.717, 1.165) is 60.5 Å². The summed E-state index contributed by atoms with van der Waals surface area (Å²) in [5, 5.41) is 4.09. The lowest BCUT2D eigenvalue weighted by Crippen LogP contribution is -2.45. The molecule has 7 nitrogen and oxygen atoms in total. The van der Waals surface area contributed by atoms with Gasteiger partial charge in [0.15, 0.2) is 6.10 Å². The molecule has 3 aromatic rings. The number of amides is 1. The third kappa shape index (κ3) is 4.12. The summed E-state index contributed by atoms with van der Waals surface area (Å²) in [6, 6.07) is 6.14. The fraction of sp³-hybridized carbons (Fsp3) is 0.462. The van der Waals surface area contributed by atoms with Gasteiger partial charge >= 0.3 is 0 Å². The van der Waals surface area contributed by atoms with Gasteiger partial charge in [-0.15, -0.1) is 0 Å². The molecule has 1 fully saturated rings. The molecule has 1 amide bonds. The average Bonchev–Trinajstić information content (AvgIpc) is 3.42. The van der Waals surface area contributed by atoms with E-state index < -0.39 is 0 Å². The Morgan fingerprint density at radius 1 is 1.12 bits per heavy atom. The van der Waals surface area contributed by atoms with Crippen molar-refractivity contribution in [2.75, 3.05) is 6.54 Å². The zero-order valence-corrected chi connectivity index (χ0v) is 19.8. The number of carbonyl (C=O) groups is 1. The van der Waals surface area contributed by atoms with Crippen LogP contribution in [0.5, 0.6) is 0 Å². The quantitative estimate of drug-likeness (QED) is 0.582. The van der Waals surface area contributed by atoms with Crippen LogP contribution in [-0.4, -0.2) is 43.5 Å². The molecule has 5 rings (SSSR count). The third-order valence-corrected chi connectivity index (χ3v) is 6.96. The minimum absolute atomic E-state index is 0.0117. The van der Waals surface area contributed by atoms with E-state index in [1.54, 1.807) is 0 Å². The zero-order valence-electron chi connectivity index (χ0n) is 19.8. The first-order valence-corrected chi connectivity index (χ1v) is 11.8. The Kier molecular flexibility index (Phi) is 5.64. The fourth-order valence-corrected chi connectivity index (χ4v) is 4.95. The SMILES string of the molecule is CC1=NOC(c2ccc(C)nc2C(=O)N2CCCCC2Cc2cn3ccc(C)c(C)c3n2)C1. The highest BCUT2D eigenvalue weighted by molar-refractivity contribution is 5.94. The van der Waals surface area contributed by atoms with Crippen molar-refractivity contribution >= 4 is 17.3 Å². The van der Waals surface area contributed by atoms with Gasteiger partial charge in [0.25, 0.3) is 5.91 Å². The van der Waals surface area contributed by atoms with Crippen LogP contribution >= 0.6 is 0 Å². The molecule has 0 bridgehead atoms. The molecule has 0 radical (unpaired) electrons. The number of nitrogens with zero attached hydrogens (tertiary/aromatic N) is 5. The van der Waals surface area contributed by atoms with Crippen molar-refractivity contribution in [3.63, 3.8) is 0 Å². The lowest BCUT2D eigenvalue weighted by atomic mass is 9.96. The Morgan fingerprint density at radius 2 is 1.97 bits per heavy atom. The molecule has 2 atom stereocenters. The predicted molar refractivity (Wildman–Crippen MR) is 128 cm³/mol. The standard InChI is InChI=1S/C26H31N5O2/c1-16-10-12-30-15-20(28-25(30)19(16)4)14-21-7-5-6-11-31(21)26(32)24-22(9-8-17(2)27-24)23-13-18(3)29-33-23/h8-10,12,15,21,23H,5-7,11,13-14H2,1-4H3. The highest BCUT2D eigenvalue weighted by Gasteiger charge is 2.33. The van der Waals surface area contributed by atoms with Crippen LogP contribution in [0.4, 0.5) is 0 Å². The summed E-state index contributed by atoms with van der Waals surface area (Å²) in [5.41, 5.74) is 7.55. The summed E-state index contributed by atoms with van der Waals surface area (Å²) < 4.78 is 2.09. The first-order chi connectivity index (χ1) is 15.9. The molecule has 1 saturated heterocycles. The number of aromatic nitrogens is 3. The first-order valence-electron chi connectivity index (χ1n) is 11.8. The van der Waals surface area contributed by atoms with E-state index >= 15 is 0 Å². The third-order valence-electron chi connectivity index (χ3n) is 6.96. The van der Waals surface area contributed by atoms with E-state index in [-0.39, 0.29) is 18.1 Å². The van der Waals surface area contributed by atoms with Gasteiger partial charge in [0, 0.05) is 49.1 Å². The Morgan fingerprint density at radius 3 is 2.76 bits per heavy atom. The number of hydrogen-bond acceptors (Lipinski definition) is 5.